The third kappa shape index (κ3) is 4.22. The summed E-state index contributed by atoms with van der Waals surface area (Å²) in [6, 6.07) is 10.3. The molecule has 5 heteroatoms. The van der Waals surface area contributed by atoms with Gasteiger partial charge in [0, 0.05) is 16.6 Å². The number of halogens is 3. The fraction of sp³-hybridized carbons (Fsp3) is 0.125. The minimum atomic E-state index is -0.382. The van der Waals surface area contributed by atoms with Gasteiger partial charge in [0.2, 0.25) is 0 Å². The summed E-state index contributed by atoms with van der Waals surface area (Å²) in [7, 11) is 0. The molecule has 2 nitrogen and oxygen atoms in total. The molecule has 0 unspecified atom stereocenters. The SMILES string of the molecule is C=CCOc1ccccc1CNc1c(Cl)cc(F)cc1Br. The van der Waals surface area contributed by atoms with E-state index in [9.17, 15) is 4.39 Å². The van der Waals surface area contributed by atoms with Gasteiger partial charge in [-0.1, -0.05) is 42.5 Å². The van der Waals surface area contributed by atoms with Gasteiger partial charge in [0.05, 0.1) is 10.7 Å². The van der Waals surface area contributed by atoms with E-state index < -0.39 is 0 Å². The minimum Gasteiger partial charge on any atom is -0.489 e. The molecule has 2 aromatic carbocycles. The van der Waals surface area contributed by atoms with E-state index in [-0.39, 0.29) is 5.82 Å². The molecule has 0 fully saturated rings. The van der Waals surface area contributed by atoms with Crippen LogP contribution in [-0.2, 0) is 6.54 Å². The molecular weight excluding hydrogens is 357 g/mol. The normalized spacial score (nSPS) is 10.2. The molecule has 0 radical (unpaired) electrons. The van der Waals surface area contributed by atoms with Gasteiger partial charge in [-0.15, -0.1) is 0 Å². The first-order valence-corrected chi connectivity index (χ1v) is 7.49. The molecule has 0 aromatic heterocycles. The summed E-state index contributed by atoms with van der Waals surface area (Å²) >= 11 is 9.35. The average molecular weight is 371 g/mol. The van der Waals surface area contributed by atoms with Crippen LogP contribution in [-0.4, -0.2) is 6.61 Å². The van der Waals surface area contributed by atoms with Crippen LogP contribution in [0, 0.1) is 5.82 Å². The molecule has 0 spiro atoms. The Balaban J connectivity index is 2.15. The average Bonchev–Trinajstić information content (AvgIpc) is 2.45. The van der Waals surface area contributed by atoms with Crippen LogP contribution in [0.4, 0.5) is 10.1 Å². The van der Waals surface area contributed by atoms with E-state index in [0.29, 0.717) is 28.3 Å². The fourth-order valence-corrected chi connectivity index (χ4v) is 2.79. The van der Waals surface area contributed by atoms with Crippen LogP contribution in [0.5, 0.6) is 5.75 Å². The van der Waals surface area contributed by atoms with Crippen molar-refractivity contribution < 1.29 is 9.13 Å². The summed E-state index contributed by atoms with van der Waals surface area (Å²) in [5.41, 5.74) is 1.63. The van der Waals surface area contributed by atoms with Crippen LogP contribution in [0.2, 0.25) is 5.02 Å². The van der Waals surface area contributed by atoms with Gasteiger partial charge >= 0.3 is 0 Å². The third-order valence-corrected chi connectivity index (χ3v) is 3.72. The van der Waals surface area contributed by atoms with E-state index in [1.54, 1.807) is 6.08 Å². The monoisotopic (exact) mass is 369 g/mol. The first-order valence-electron chi connectivity index (χ1n) is 6.32. The maximum absolute atomic E-state index is 13.2. The van der Waals surface area contributed by atoms with Crippen LogP contribution < -0.4 is 10.1 Å². The number of rotatable bonds is 6. The summed E-state index contributed by atoms with van der Waals surface area (Å²) in [4.78, 5) is 0. The standard InChI is InChI=1S/C16H14BrClFNO/c1-2-7-21-15-6-4-3-5-11(15)10-20-16-13(17)8-12(19)9-14(16)18/h2-6,8-9,20H,1,7,10H2. The van der Waals surface area contributed by atoms with Crippen molar-refractivity contribution in [2.24, 2.45) is 0 Å². The van der Waals surface area contributed by atoms with E-state index in [2.05, 4.69) is 27.8 Å². The summed E-state index contributed by atoms with van der Waals surface area (Å²) in [5.74, 6) is 0.395. The molecular formula is C16H14BrClFNO. The Morgan fingerprint density at radius 1 is 1.33 bits per heavy atom. The number of hydrogen-bond acceptors (Lipinski definition) is 2. The van der Waals surface area contributed by atoms with E-state index in [1.165, 1.54) is 12.1 Å². The van der Waals surface area contributed by atoms with Crippen molar-refractivity contribution in [3.05, 3.63) is 69.9 Å². The Bertz CT molecular complexity index is 625. The summed E-state index contributed by atoms with van der Waals surface area (Å²) in [6.07, 6.45) is 1.69. The Kier molecular flexibility index (Phi) is 5.65. The molecule has 0 aliphatic carbocycles. The Morgan fingerprint density at radius 2 is 2.10 bits per heavy atom. The van der Waals surface area contributed by atoms with Crippen LogP contribution in [0.3, 0.4) is 0 Å². The molecule has 110 valence electrons. The molecule has 0 amide bonds. The van der Waals surface area contributed by atoms with Crippen molar-refractivity contribution >= 4 is 33.2 Å². The zero-order valence-corrected chi connectivity index (χ0v) is 13.5. The summed E-state index contributed by atoms with van der Waals surface area (Å²) < 4.78 is 19.4. The van der Waals surface area contributed by atoms with Gasteiger partial charge in [-0.3, -0.25) is 0 Å². The van der Waals surface area contributed by atoms with E-state index in [4.69, 9.17) is 16.3 Å². The van der Waals surface area contributed by atoms with Crippen molar-refractivity contribution in [1.82, 2.24) is 0 Å². The molecule has 2 rings (SSSR count). The molecule has 0 saturated heterocycles. The number of nitrogens with one attached hydrogen (secondary N) is 1. The van der Waals surface area contributed by atoms with Crippen LogP contribution in [0.15, 0.2) is 53.5 Å². The Hall–Kier alpha value is -1.52. The lowest BCUT2D eigenvalue weighted by atomic mass is 10.2. The molecule has 0 aliphatic rings. The summed E-state index contributed by atoms with van der Waals surface area (Å²) in [5, 5.41) is 3.52. The van der Waals surface area contributed by atoms with Gasteiger partial charge in [0.15, 0.2) is 0 Å². The topological polar surface area (TPSA) is 21.3 Å². The molecule has 0 bridgehead atoms. The zero-order valence-electron chi connectivity index (χ0n) is 11.2. The second-order valence-corrected chi connectivity index (χ2v) is 5.57. The number of hydrogen-bond donors (Lipinski definition) is 1. The van der Waals surface area contributed by atoms with Gasteiger partial charge in [-0.05, 0) is 34.1 Å². The molecule has 0 heterocycles. The van der Waals surface area contributed by atoms with Gasteiger partial charge in [0.25, 0.3) is 0 Å². The van der Waals surface area contributed by atoms with E-state index >= 15 is 0 Å². The molecule has 0 saturated carbocycles. The van der Waals surface area contributed by atoms with Crippen molar-refractivity contribution in [1.29, 1.82) is 0 Å². The zero-order chi connectivity index (χ0) is 15.2. The maximum Gasteiger partial charge on any atom is 0.125 e. The third-order valence-electron chi connectivity index (χ3n) is 2.79. The highest BCUT2D eigenvalue weighted by atomic mass is 79.9. The fourth-order valence-electron chi connectivity index (χ4n) is 1.83. The van der Waals surface area contributed by atoms with E-state index in [0.717, 1.165) is 11.3 Å². The number of anilines is 1. The Morgan fingerprint density at radius 3 is 2.81 bits per heavy atom. The summed E-state index contributed by atoms with van der Waals surface area (Å²) in [6.45, 7) is 4.58. The molecule has 2 aromatic rings. The highest BCUT2D eigenvalue weighted by molar-refractivity contribution is 9.10. The van der Waals surface area contributed by atoms with Crippen LogP contribution in [0.25, 0.3) is 0 Å². The van der Waals surface area contributed by atoms with Gasteiger partial charge in [0.1, 0.15) is 18.2 Å². The first kappa shape index (κ1) is 15.9. The largest absolute Gasteiger partial charge is 0.489 e. The molecule has 0 aliphatic heterocycles. The highest BCUT2D eigenvalue weighted by Gasteiger charge is 2.09. The smallest absolute Gasteiger partial charge is 0.125 e. The van der Waals surface area contributed by atoms with Crippen molar-refractivity contribution in [2.45, 2.75) is 6.54 Å². The van der Waals surface area contributed by atoms with E-state index in [1.807, 2.05) is 24.3 Å². The van der Waals surface area contributed by atoms with Crippen molar-refractivity contribution in [3.63, 3.8) is 0 Å². The van der Waals surface area contributed by atoms with Crippen molar-refractivity contribution in [3.8, 4) is 5.75 Å². The van der Waals surface area contributed by atoms with Crippen LogP contribution >= 0.6 is 27.5 Å². The maximum atomic E-state index is 13.2. The predicted molar refractivity (Wildman–Crippen MR) is 88.6 cm³/mol. The minimum absolute atomic E-state index is 0.325. The lowest BCUT2D eigenvalue weighted by Gasteiger charge is -2.14. The Labute approximate surface area is 136 Å². The lowest BCUT2D eigenvalue weighted by Crippen LogP contribution is -2.04. The first-order chi connectivity index (χ1) is 10.1. The number of para-hydroxylation sites is 1. The van der Waals surface area contributed by atoms with Crippen molar-refractivity contribution in [2.75, 3.05) is 11.9 Å². The van der Waals surface area contributed by atoms with Gasteiger partial charge < -0.3 is 10.1 Å². The molecule has 0 atom stereocenters. The lowest BCUT2D eigenvalue weighted by molar-refractivity contribution is 0.359. The second-order valence-electron chi connectivity index (χ2n) is 4.31. The quantitative estimate of drug-likeness (QED) is 0.686. The highest BCUT2D eigenvalue weighted by Crippen LogP contribution is 2.32. The molecule has 21 heavy (non-hydrogen) atoms. The second kappa shape index (κ2) is 7.48. The number of benzene rings is 2. The van der Waals surface area contributed by atoms with Gasteiger partial charge in [-0.25, -0.2) is 4.39 Å². The van der Waals surface area contributed by atoms with Gasteiger partial charge in [-0.2, -0.15) is 0 Å². The predicted octanol–water partition coefficient (Wildman–Crippen LogP) is 5.42. The molecule has 1 N–H and O–H groups in total. The number of ether oxygens (including phenoxy) is 1. The van der Waals surface area contributed by atoms with Crippen LogP contribution in [0.1, 0.15) is 5.56 Å².